The number of thiophene rings is 1. The van der Waals surface area contributed by atoms with Gasteiger partial charge in [0.05, 0.1) is 34.5 Å². The zero-order valence-electron chi connectivity index (χ0n) is 23.6. The molecule has 0 atom stereocenters. The number of methoxy groups -OCH3 is 1. The van der Waals surface area contributed by atoms with E-state index >= 15 is 0 Å². The highest BCUT2D eigenvalue weighted by molar-refractivity contribution is 7.18. The molecule has 0 saturated carbocycles. The van der Waals surface area contributed by atoms with Crippen molar-refractivity contribution in [1.82, 2.24) is 0 Å². The molecule has 9 heteroatoms. The lowest BCUT2D eigenvalue weighted by molar-refractivity contribution is 0.102. The van der Waals surface area contributed by atoms with Gasteiger partial charge in [0.2, 0.25) is 0 Å². The van der Waals surface area contributed by atoms with Crippen LogP contribution in [0.3, 0.4) is 0 Å². The predicted octanol–water partition coefficient (Wildman–Crippen LogP) is 6.15. The number of hydrogen-bond acceptors (Lipinski definition) is 6. The van der Waals surface area contributed by atoms with Crippen LogP contribution in [0.4, 0.5) is 16.4 Å². The van der Waals surface area contributed by atoms with E-state index < -0.39 is 5.41 Å². The SMILES string of the molecule is CC#CC(=NCCOC)Nc1sc(C(=O)Nc2cc(NC(=O)c3cccc(C(C)(C)C#N)c3)ccc2C)cc1C. The second-order valence-corrected chi connectivity index (χ2v) is 10.7. The Kier molecular flexibility index (Phi) is 10.2. The van der Waals surface area contributed by atoms with Crippen LogP contribution in [0.15, 0.2) is 53.5 Å². The summed E-state index contributed by atoms with van der Waals surface area (Å²) in [5.41, 5.74) is 3.36. The summed E-state index contributed by atoms with van der Waals surface area (Å²) in [6, 6.07) is 16.4. The Hall–Kier alpha value is -4.44. The monoisotopic (exact) mass is 555 g/mol. The van der Waals surface area contributed by atoms with Crippen molar-refractivity contribution in [2.45, 2.75) is 40.0 Å². The number of aliphatic imine (C=N–C) groups is 1. The summed E-state index contributed by atoms with van der Waals surface area (Å²) in [7, 11) is 1.62. The molecule has 2 aromatic carbocycles. The van der Waals surface area contributed by atoms with Crippen LogP contribution in [0.25, 0.3) is 0 Å². The standard InChI is InChI=1S/C31H33N5O3S/c1-7-9-27(33-14-15-39-6)36-30-21(3)16-26(40-30)29(38)35-25-18-24(13-12-20(25)2)34-28(37)22-10-8-11-23(17-22)31(4,5)19-32/h8,10-13,16-18H,14-15H2,1-6H3,(H,33,36)(H,34,37)(H,35,38). The van der Waals surface area contributed by atoms with Gasteiger partial charge in [0.1, 0.15) is 0 Å². The summed E-state index contributed by atoms with van der Waals surface area (Å²) in [6.45, 7) is 10.1. The van der Waals surface area contributed by atoms with Gasteiger partial charge < -0.3 is 20.7 Å². The molecule has 0 fully saturated rings. The van der Waals surface area contributed by atoms with E-state index in [-0.39, 0.29) is 11.8 Å². The number of nitrogens with one attached hydrogen (secondary N) is 3. The van der Waals surface area contributed by atoms with Gasteiger partial charge in [-0.2, -0.15) is 5.26 Å². The van der Waals surface area contributed by atoms with Crippen LogP contribution < -0.4 is 16.0 Å². The fourth-order valence-corrected chi connectivity index (χ4v) is 4.61. The summed E-state index contributed by atoms with van der Waals surface area (Å²) in [5.74, 6) is 5.72. The van der Waals surface area contributed by atoms with Crippen LogP contribution in [0.1, 0.15) is 57.5 Å². The molecule has 206 valence electrons. The molecule has 2 amide bonds. The summed E-state index contributed by atoms with van der Waals surface area (Å²) in [4.78, 5) is 31.1. The molecule has 0 aliphatic heterocycles. The molecule has 0 spiro atoms. The number of amides is 2. The van der Waals surface area contributed by atoms with Crippen LogP contribution in [-0.4, -0.2) is 37.9 Å². The molecule has 0 radical (unpaired) electrons. The number of nitrogens with zero attached hydrogens (tertiary/aromatic N) is 2. The molecular weight excluding hydrogens is 522 g/mol. The Morgan fingerprint density at radius 1 is 1.02 bits per heavy atom. The number of amidine groups is 1. The molecule has 1 heterocycles. The molecule has 3 rings (SSSR count). The molecule has 3 aromatic rings. The van der Waals surface area contributed by atoms with Crippen molar-refractivity contribution in [3.63, 3.8) is 0 Å². The van der Waals surface area contributed by atoms with Crippen LogP contribution >= 0.6 is 11.3 Å². The molecular formula is C31H33N5O3S. The molecule has 0 aliphatic carbocycles. The third-order valence-corrected chi connectivity index (χ3v) is 7.20. The Morgan fingerprint density at radius 3 is 2.50 bits per heavy atom. The van der Waals surface area contributed by atoms with Gasteiger partial charge in [-0.25, -0.2) is 0 Å². The highest BCUT2D eigenvalue weighted by Gasteiger charge is 2.21. The van der Waals surface area contributed by atoms with E-state index in [1.807, 2.05) is 45.9 Å². The van der Waals surface area contributed by atoms with Crippen LogP contribution in [0, 0.1) is 37.0 Å². The lowest BCUT2D eigenvalue weighted by Crippen LogP contribution is -2.17. The highest BCUT2D eigenvalue weighted by atomic mass is 32.1. The smallest absolute Gasteiger partial charge is 0.265 e. The Morgan fingerprint density at radius 2 is 1.80 bits per heavy atom. The van der Waals surface area contributed by atoms with Crippen molar-refractivity contribution in [2.24, 2.45) is 4.99 Å². The zero-order chi connectivity index (χ0) is 29.3. The maximum atomic E-state index is 13.2. The lowest BCUT2D eigenvalue weighted by atomic mass is 9.85. The number of aryl methyl sites for hydroxylation is 2. The van der Waals surface area contributed by atoms with Crippen LogP contribution in [-0.2, 0) is 10.2 Å². The average molecular weight is 556 g/mol. The van der Waals surface area contributed by atoms with Gasteiger partial charge in [-0.1, -0.05) is 24.1 Å². The molecule has 0 unspecified atom stereocenters. The molecule has 0 bridgehead atoms. The highest BCUT2D eigenvalue weighted by Crippen LogP contribution is 2.29. The zero-order valence-corrected chi connectivity index (χ0v) is 24.4. The van der Waals surface area contributed by atoms with Crippen LogP contribution in [0.5, 0.6) is 0 Å². The first-order chi connectivity index (χ1) is 19.1. The average Bonchev–Trinajstić information content (AvgIpc) is 3.30. The Balaban J connectivity index is 1.75. The first kappa shape index (κ1) is 30.1. The van der Waals surface area contributed by atoms with Crippen molar-refractivity contribution in [2.75, 3.05) is 36.2 Å². The van der Waals surface area contributed by atoms with E-state index in [1.165, 1.54) is 11.3 Å². The fourth-order valence-electron chi connectivity index (χ4n) is 3.64. The van der Waals surface area contributed by atoms with Crippen LogP contribution in [0.2, 0.25) is 0 Å². The van der Waals surface area contributed by atoms with Gasteiger partial charge >= 0.3 is 0 Å². The third kappa shape index (κ3) is 7.79. The van der Waals surface area contributed by atoms with Gasteiger partial charge in [-0.05, 0) is 87.6 Å². The number of hydrogen-bond donors (Lipinski definition) is 3. The number of anilines is 3. The van der Waals surface area contributed by atoms with Crippen molar-refractivity contribution in [1.29, 1.82) is 5.26 Å². The Labute approximate surface area is 239 Å². The minimum atomic E-state index is -0.713. The van der Waals surface area contributed by atoms with Crippen molar-refractivity contribution < 1.29 is 14.3 Å². The molecule has 0 saturated heterocycles. The Bertz CT molecular complexity index is 1540. The summed E-state index contributed by atoms with van der Waals surface area (Å²) < 4.78 is 5.05. The normalized spacial score (nSPS) is 11.2. The number of carbonyl (C=O) groups excluding carboxylic acids is 2. The minimum Gasteiger partial charge on any atom is -0.383 e. The van der Waals surface area contributed by atoms with E-state index in [4.69, 9.17) is 4.74 Å². The van der Waals surface area contributed by atoms with Crippen molar-refractivity contribution in [3.05, 3.63) is 75.7 Å². The maximum absolute atomic E-state index is 13.2. The van der Waals surface area contributed by atoms with E-state index in [0.717, 1.165) is 21.7 Å². The predicted molar refractivity (Wildman–Crippen MR) is 162 cm³/mol. The lowest BCUT2D eigenvalue weighted by Gasteiger charge is -2.16. The first-order valence-electron chi connectivity index (χ1n) is 12.7. The summed E-state index contributed by atoms with van der Waals surface area (Å²) in [6.07, 6.45) is 0. The molecule has 3 N–H and O–H groups in total. The van der Waals surface area contributed by atoms with E-state index in [0.29, 0.717) is 40.8 Å². The quantitative estimate of drug-likeness (QED) is 0.127. The van der Waals surface area contributed by atoms with Gasteiger partial charge in [0.25, 0.3) is 11.8 Å². The number of rotatable bonds is 9. The second-order valence-electron chi connectivity index (χ2n) is 9.60. The van der Waals surface area contributed by atoms with E-state index in [2.05, 4.69) is 38.9 Å². The third-order valence-electron chi connectivity index (χ3n) is 6.05. The largest absolute Gasteiger partial charge is 0.383 e. The molecule has 0 aliphatic rings. The van der Waals surface area contributed by atoms with Crippen molar-refractivity contribution >= 4 is 45.4 Å². The molecule has 1 aromatic heterocycles. The van der Waals surface area contributed by atoms with Gasteiger partial charge in [-0.3, -0.25) is 14.6 Å². The van der Waals surface area contributed by atoms with Crippen molar-refractivity contribution in [3.8, 4) is 17.9 Å². The second kappa shape index (κ2) is 13.6. The minimum absolute atomic E-state index is 0.265. The molecule has 8 nitrogen and oxygen atoms in total. The first-order valence-corrected chi connectivity index (χ1v) is 13.5. The number of nitriles is 1. The van der Waals surface area contributed by atoms with Gasteiger partial charge in [0.15, 0.2) is 5.84 Å². The van der Waals surface area contributed by atoms with Gasteiger partial charge in [0, 0.05) is 24.0 Å². The maximum Gasteiger partial charge on any atom is 0.265 e. The fraction of sp³-hybridized carbons (Fsp3) is 0.290. The molecule has 40 heavy (non-hydrogen) atoms. The van der Waals surface area contributed by atoms with Gasteiger partial charge in [-0.15, -0.1) is 11.3 Å². The van der Waals surface area contributed by atoms with E-state index in [1.54, 1.807) is 44.4 Å². The summed E-state index contributed by atoms with van der Waals surface area (Å²) >= 11 is 1.31. The number of benzene rings is 2. The topological polar surface area (TPSA) is 116 Å². The summed E-state index contributed by atoms with van der Waals surface area (Å²) in [5, 5.41) is 19.3. The number of carbonyl (C=O) groups is 2. The van der Waals surface area contributed by atoms with E-state index in [9.17, 15) is 14.9 Å². The number of ether oxygens (including phenoxy) is 1.